The molecule has 0 aromatic heterocycles. The normalized spacial score (nSPS) is 22.9. The van der Waals surface area contributed by atoms with Gasteiger partial charge in [-0.1, -0.05) is 20.3 Å². The van der Waals surface area contributed by atoms with Gasteiger partial charge in [-0.3, -0.25) is 9.59 Å². The number of carbonyl (C=O) groups excluding carboxylic acids is 2. The quantitative estimate of drug-likeness (QED) is 0.690. The summed E-state index contributed by atoms with van der Waals surface area (Å²) in [6, 6.07) is 0.0429. The fraction of sp³-hybridized carbons (Fsp3) is 0.636. The molecular formula is C11H17NO2. The minimum Gasteiger partial charge on any atom is -0.345 e. The van der Waals surface area contributed by atoms with Gasteiger partial charge in [0.25, 0.3) is 5.91 Å². The summed E-state index contributed by atoms with van der Waals surface area (Å²) in [5.74, 6) is 0.0416. The van der Waals surface area contributed by atoms with Crippen LogP contribution < -0.4 is 5.32 Å². The molecule has 0 aromatic carbocycles. The first kappa shape index (κ1) is 11.0. The molecule has 0 radical (unpaired) electrons. The van der Waals surface area contributed by atoms with Crippen LogP contribution in [-0.2, 0) is 9.59 Å². The number of hydrogen-bond acceptors (Lipinski definition) is 2. The van der Waals surface area contributed by atoms with Crippen LogP contribution in [0.5, 0.6) is 0 Å². The van der Waals surface area contributed by atoms with Gasteiger partial charge in [-0.25, -0.2) is 0 Å². The fourth-order valence-corrected chi connectivity index (χ4v) is 1.74. The molecule has 78 valence electrons. The first-order valence-corrected chi connectivity index (χ1v) is 5.09. The Labute approximate surface area is 84.6 Å². The van der Waals surface area contributed by atoms with Gasteiger partial charge in [0.2, 0.25) is 0 Å². The molecule has 1 rings (SSSR count). The van der Waals surface area contributed by atoms with E-state index in [1.54, 1.807) is 6.08 Å². The van der Waals surface area contributed by atoms with Gasteiger partial charge in [0.15, 0.2) is 5.78 Å². The first-order chi connectivity index (χ1) is 6.56. The van der Waals surface area contributed by atoms with E-state index < -0.39 is 0 Å². The third kappa shape index (κ3) is 2.22. The van der Waals surface area contributed by atoms with E-state index in [1.807, 2.05) is 0 Å². The lowest BCUT2D eigenvalue weighted by atomic mass is 9.97. The molecule has 2 unspecified atom stereocenters. The zero-order valence-corrected chi connectivity index (χ0v) is 8.96. The summed E-state index contributed by atoms with van der Waals surface area (Å²) in [5.41, 5.74) is 0.318. The second kappa shape index (κ2) is 4.40. The second-order valence-corrected chi connectivity index (χ2v) is 3.90. The largest absolute Gasteiger partial charge is 0.345 e. The molecule has 0 saturated carbocycles. The molecule has 0 fully saturated rings. The molecule has 1 amide bonds. The van der Waals surface area contributed by atoms with Crippen LogP contribution in [0.1, 0.15) is 33.6 Å². The minimum atomic E-state index is -0.217. The van der Waals surface area contributed by atoms with E-state index in [2.05, 4.69) is 19.2 Å². The number of hydrogen-bond donors (Lipinski definition) is 1. The number of Topliss-reactive ketones (excluding diaryl/α,β-unsaturated/α-hetero) is 1. The summed E-state index contributed by atoms with van der Waals surface area (Å²) in [4.78, 5) is 22.4. The van der Waals surface area contributed by atoms with Crippen LogP contribution in [-0.4, -0.2) is 17.7 Å². The summed E-state index contributed by atoms with van der Waals surface area (Å²) in [6.45, 7) is 5.63. The monoisotopic (exact) mass is 195 g/mol. The molecule has 1 aliphatic rings. The molecular weight excluding hydrogens is 178 g/mol. The van der Waals surface area contributed by atoms with Crippen LogP contribution >= 0.6 is 0 Å². The van der Waals surface area contributed by atoms with Crippen molar-refractivity contribution < 1.29 is 9.59 Å². The zero-order valence-electron chi connectivity index (χ0n) is 8.96. The van der Waals surface area contributed by atoms with E-state index >= 15 is 0 Å². The van der Waals surface area contributed by atoms with E-state index in [0.717, 1.165) is 12.8 Å². The summed E-state index contributed by atoms with van der Waals surface area (Å²) in [5, 5.41) is 2.82. The molecule has 0 bridgehead atoms. The highest BCUT2D eigenvalue weighted by Crippen LogP contribution is 2.18. The molecule has 1 aliphatic heterocycles. The summed E-state index contributed by atoms with van der Waals surface area (Å²) >= 11 is 0. The van der Waals surface area contributed by atoms with Gasteiger partial charge >= 0.3 is 0 Å². The van der Waals surface area contributed by atoms with Crippen molar-refractivity contribution in [2.24, 2.45) is 5.92 Å². The van der Waals surface area contributed by atoms with Crippen molar-refractivity contribution >= 4 is 11.7 Å². The van der Waals surface area contributed by atoms with Crippen molar-refractivity contribution in [2.45, 2.75) is 39.7 Å². The Morgan fingerprint density at radius 1 is 1.64 bits per heavy atom. The highest BCUT2D eigenvalue weighted by Gasteiger charge is 2.28. The lowest BCUT2D eigenvalue weighted by Gasteiger charge is -2.16. The van der Waals surface area contributed by atoms with Crippen LogP contribution in [0.15, 0.2) is 11.6 Å². The van der Waals surface area contributed by atoms with E-state index in [0.29, 0.717) is 11.5 Å². The third-order valence-corrected chi connectivity index (χ3v) is 2.62. The predicted molar refractivity (Wildman–Crippen MR) is 54.8 cm³/mol. The molecule has 1 heterocycles. The summed E-state index contributed by atoms with van der Waals surface area (Å²) in [6.07, 6.45) is 3.93. The smallest absolute Gasteiger partial charge is 0.255 e. The molecule has 0 aliphatic carbocycles. The topological polar surface area (TPSA) is 46.2 Å². The van der Waals surface area contributed by atoms with Crippen molar-refractivity contribution in [3.05, 3.63) is 11.6 Å². The number of nitrogens with one attached hydrogen (secondary N) is 1. The van der Waals surface area contributed by atoms with Crippen LogP contribution in [0, 0.1) is 5.92 Å². The van der Waals surface area contributed by atoms with Gasteiger partial charge in [-0.2, -0.15) is 0 Å². The molecule has 1 N–H and O–H groups in total. The molecule has 14 heavy (non-hydrogen) atoms. The number of ketones is 1. The SMILES string of the molecule is CCCC(C)C1C=C(C(C)=O)C(=O)N1. The third-order valence-electron chi connectivity index (χ3n) is 2.62. The maximum atomic E-state index is 11.3. The van der Waals surface area contributed by atoms with Crippen LogP contribution in [0.3, 0.4) is 0 Å². The van der Waals surface area contributed by atoms with Gasteiger partial charge in [0.05, 0.1) is 11.6 Å². The van der Waals surface area contributed by atoms with Gasteiger partial charge in [-0.05, 0) is 25.3 Å². The summed E-state index contributed by atoms with van der Waals surface area (Å²) < 4.78 is 0. The maximum Gasteiger partial charge on any atom is 0.255 e. The lowest BCUT2D eigenvalue weighted by molar-refractivity contribution is -0.121. The Bertz CT molecular complexity index is 281. The molecule has 3 heteroatoms. The van der Waals surface area contributed by atoms with Gasteiger partial charge < -0.3 is 5.32 Å². The van der Waals surface area contributed by atoms with Crippen LogP contribution in [0.25, 0.3) is 0 Å². The minimum absolute atomic E-state index is 0.0429. The number of carbonyl (C=O) groups is 2. The lowest BCUT2D eigenvalue weighted by Crippen LogP contribution is -2.32. The van der Waals surface area contributed by atoms with E-state index in [9.17, 15) is 9.59 Å². The molecule has 0 spiro atoms. The Kier molecular flexibility index (Phi) is 3.44. The summed E-state index contributed by atoms with van der Waals surface area (Å²) in [7, 11) is 0. The maximum absolute atomic E-state index is 11.3. The fourth-order valence-electron chi connectivity index (χ4n) is 1.74. The van der Waals surface area contributed by atoms with Crippen molar-refractivity contribution in [3.8, 4) is 0 Å². The molecule has 3 nitrogen and oxygen atoms in total. The Hall–Kier alpha value is -1.12. The van der Waals surface area contributed by atoms with Crippen molar-refractivity contribution in [1.82, 2.24) is 5.32 Å². The van der Waals surface area contributed by atoms with Gasteiger partial charge in [0.1, 0.15) is 0 Å². The molecule has 0 saturated heterocycles. The van der Waals surface area contributed by atoms with Crippen molar-refractivity contribution in [1.29, 1.82) is 0 Å². The standard InChI is InChI=1S/C11H17NO2/c1-4-5-7(2)10-6-9(8(3)13)11(14)12-10/h6-7,10H,4-5H2,1-3H3,(H,12,14). The second-order valence-electron chi connectivity index (χ2n) is 3.90. The number of rotatable bonds is 4. The highest BCUT2D eigenvalue weighted by atomic mass is 16.2. The average Bonchev–Trinajstić information content (AvgIpc) is 2.48. The zero-order chi connectivity index (χ0) is 10.7. The van der Waals surface area contributed by atoms with Crippen LogP contribution in [0.4, 0.5) is 0 Å². The van der Waals surface area contributed by atoms with E-state index in [-0.39, 0.29) is 17.7 Å². The molecule has 0 aromatic rings. The highest BCUT2D eigenvalue weighted by molar-refractivity contribution is 6.20. The van der Waals surface area contributed by atoms with Crippen molar-refractivity contribution in [2.75, 3.05) is 0 Å². The van der Waals surface area contributed by atoms with Gasteiger partial charge in [0, 0.05) is 0 Å². The Balaban J connectivity index is 2.69. The predicted octanol–water partition coefficient (Wildman–Crippen LogP) is 1.44. The first-order valence-electron chi connectivity index (χ1n) is 5.09. The van der Waals surface area contributed by atoms with E-state index in [4.69, 9.17) is 0 Å². The number of amides is 1. The average molecular weight is 195 g/mol. The Morgan fingerprint density at radius 2 is 2.29 bits per heavy atom. The van der Waals surface area contributed by atoms with Crippen LogP contribution in [0.2, 0.25) is 0 Å². The molecule has 2 atom stereocenters. The Morgan fingerprint density at radius 3 is 2.71 bits per heavy atom. The van der Waals surface area contributed by atoms with E-state index in [1.165, 1.54) is 6.92 Å². The van der Waals surface area contributed by atoms with Gasteiger partial charge in [-0.15, -0.1) is 0 Å². The van der Waals surface area contributed by atoms with Crippen molar-refractivity contribution in [3.63, 3.8) is 0 Å².